The van der Waals surface area contributed by atoms with Gasteiger partial charge in [0.15, 0.2) is 0 Å². The second-order valence-electron chi connectivity index (χ2n) is 6.84. The summed E-state index contributed by atoms with van der Waals surface area (Å²) < 4.78 is 5.65. The number of carboxylic acids is 1. The molecule has 0 spiro atoms. The first kappa shape index (κ1) is 19.2. The van der Waals surface area contributed by atoms with E-state index in [1.807, 2.05) is 49.9 Å². The molecule has 1 aliphatic rings. The second kappa shape index (κ2) is 8.85. The number of rotatable bonds is 9. The van der Waals surface area contributed by atoms with Gasteiger partial charge in [-0.1, -0.05) is 19.1 Å². The number of hydrogen-bond donors (Lipinski definition) is 2. The monoisotopic (exact) mass is 348 g/mol. The van der Waals surface area contributed by atoms with Gasteiger partial charge in [0.05, 0.1) is 19.1 Å². The molecule has 0 atom stereocenters. The molecule has 1 amide bonds. The zero-order valence-corrected chi connectivity index (χ0v) is 15.2. The first-order chi connectivity index (χ1) is 11.9. The normalized spacial score (nSPS) is 19.6. The molecule has 6 nitrogen and oxygen atoms in total. The lowest BCUT2D eigenvalue weighted by atomic mass is 9.85. The van der Waals surface area contributed by atoms with Crippen LogP contribution < -0.4 is 10.1 Å². The second-order valence-corrected chi connectivity index (χ2v) is 6.84. The molecule has 0 radical (unpaired) electrons. The Morgan fingerprint density at radius 2 is 2.08 bits per heavy atom. The fraction of sp³-hybridized carbons (Fsp3) is 0.579. The molecule has 0 aliphatic heterocycles. The molecule has 0 aromatic heterocycles. The Morgan fingerprint density at radius 3 is 2.68 bits per heavy atom. The topological polar surface area (TPSA) is 78.9 Å². The molecular formula is C19H28N2O4. The number of carboxylic acid groups (broad SMARTS) is 1. The molecule has 0 unspecified atom stereocenters. The van der Waals surface area contributed by atoms with Crippen molar-refractivity contribution in [2.45, 2.75) is 58.2 Å². The van der Waals surface area contributed by atoms with Crippen LogP contribution in [0.5, 0.6) is 5.75 Å². The molecule has 1 aromatic rings. The van der Waals surface area contributed by atoms with Gasteiger partial charge in [-0.05, 0) is 50.9 Å². The quantitative estimate of drug-likeness (QED) is 0.714. The van der Waals surface area contributed by atoms with Crippen molar-refractivity contribution >= 4 is 11.9 Å². The van der Waals surface area contributed by atoms with Crippen molar-refractivity contribution in [1.82, 2.24) is 10.2 Å². The number of amides is 1. The Bertz CT molecular complexity index is 597. The van der Waals surface area contributed by atoms with Crippen LogP contribution in [0.25, 0.3) is 0 Å². The van der Waals surface area contributed by atoms with E-state index in [1.54, 1.807) is 0 Å². The van der Waals surface area contributed by atoms with Crippen LogP contribution in [-0.4, -0.2) is 53.2 Å². The summed E-state index contributed by atoms with van der Waals surface area (Å²) in [5.41, 5.74) is 0.924. The van der Waals surface area contributed by atoms with E-state index >= 15 is 0 Å². The number of likely N-dealkylation sites (N-methyl/N-ethyl adjacent to an activating group) is 1. The zero-order valence-electron chi connectivity index (χ0n) is 15.2. The first-order valence-corrected chi connectivity index (χ1v) is 8.88. The van der Waals surface area contributed by atoms with Gasteiger partial charge in [0, 0.05) is 12.1 Å². The average Bonchev–Trinajstić information content (AvgIpc) is 2.48. The van der Waals surface area contributed by atoms with E-state index < -0.39 is 5.97 Å². The number of nitrogens with zero attached hydrogens (tertiary/aromatic N) is 1. The molecule has 1 aliphatic carbocycles. The predicted molar refractivity (Wildman–Crippen MR) is 95.7 cm³/mol. The Labute approximate surface area is 149 Å². The van der Waals surface area contributed by atoms with E-state index in [1.165, 1.54) is 0 Å². The maximum Gasteiger partial charge on any atom is 0.317 e. The molecule has 1 fully saturated rings. The van der Waals surface area contributed by atoms with Gasteiger partial charge in [-0.3, -0.25) is 14.5 Å². The Hall–Kier alpha value is -2.08. The molecule has 138 valence electrons. The Morgan fingerprint density at radius 1 is 1.36 bits per heavy atom. The molecule has 0 bridgehead atoms. The molecule has 2 N–H and O–H groups in total. The van der Waals surface area contributed by atoms with E-state index in [2.05, 4.69) is 5.32 Å². The van der Waals surface area contributed by atoms with E-state index in [0.29, 0.717) is 13.0 Å². The summed E-state index contributed by atoms with van der Waals surface area (Å²) in [6.07, 6.45) is 2.04. The highest BCUT2D eigenvalue weighted by Crippen LogP contribution is 2.25. The highest BCUT2D eigenvalue weighted by Gasteiger charge is 2.34. The fourth-order valence-corrected chi connectivity index (χ4v) is 3.14. The van der Waals surface area contributed by atoms with Crippen LogP contribution in [0.2, 0.25) is 0 Å². The van der Waals surface area contributed by atoms with Crippen molar-refractivity contribution < 1.29 is 19.4 Å². The van der Waals surface area contributed by atoms with Crippen molar-refractivity contribution in [1.29, 1.82) is 0 Å². The minimum absolute atomic E-state index is 0.00794. The summed E-state index contributed by atoms with van der Waals surface area (Å²) in [5.74, 6) is -0.0412. The van der Waals surface area contributed by atoms with Crippen molar-refractivity contribution in [2.75, 3.05) is 13.1 Å². The minimum Gasteiger partial charge on any atom is -0.491 e. The number of hydrogen-bond acceptors (Lipinski definition) is 4. The molecule has 1 aromatic carbocycles. The van der Waals surface area contributed by atoms with Crippen molar-refractivity contribution in [3.8, 4) is 5.75 Å². The lowest BCUT2D eigenvalue weighted by Gasteiger charge is -2.42. The van der Waals surface area contributed by atoms with Gasteiger partial charge in [-0.15, -0.1) is 0 Å². The average molecular weight is 348 g/mol. The lowest BCUT2D eigenvalue weighted by molar-refractivity contribution is -0.139. The van der Waals surface area contributed by atoms with Gasteiger partial charge in [0.1, 0.15) is 5.75 Å². The van der Waals surface area contributed by atoms with Crippen LogP contribution in [0.4, 0.5) is 0 Å². The molecular weight excluding hydrogens is 320 g/mol. The third kappa shape index (κ3) is 6.05. The van der Waals surface area contributed by atoms with Gasteiger partial charge >= 0.3 is 5.97 Å². The smallest absolute Gasteiger partial charge is 0.317 e. The van der Waals surface area contributed by atoms with Crippen LogP contribution in [-0.2, 0) is 16.0 Å². The maximum absolute atomic E-state index is 12.2. The van der Waals surface area contributed by atoms with Crippen LogP contribution in [0.15, 0.2) is 24.3 Å². The SMILES string of the molecule is CCN(CC(=O)O)C1CC(NC(=O)Cc2cccc(OC(C)C)c2)C1. The molecule has 0 heterocycles. The molecule has 2 rings (SSSR count). The van der Waals surface area contributed by atoms with Crippen LogP contribution in [0.1, 0.15) is 39.2 Å². The lowest BCUT2D eigenvalue weighted by Crippen LogP contribution is -2.55. The Balaban J connectivity index is 1.77. The summed E-state index contributed by atoms with van der Waals surface area (Å²) in [6.45, 7) is 6.67. The van der Waals surface area contributed by atoms with E-state index in [9.17, 15) is 9.59 Å². The first-order valence-electron chi connectivity index (χ1n) is 8.88. The van der Waals surface area contributed by atoms with Gasteiger partial charge in [-0.25, -0.2) is 0 Å². The van der Waals surface area contributed by atoms with Crippen molar-refractivity contribution in [2.24, 2.45) is 0 Å². The molecule has 25 heavy (non-hydrogen) atoms. The number of benzene rings is 1. The van der Waals surface area contributed by atoms with Gasteiger partial charge in [0.2, 0.25) is 5.91 Å². The summed E-state index contributed by atoms with van der Waals surface area (Å²) >= 11 is 0. The Kier molecular flexibility index (Phi) is 6.82. The molecule has 0 saturated heterocycles. The third-order valence-corrected chi connectivity index (χ3v) is 4.37. The van der Waals surface area contributed by atoms with Gasteiger partial charge < -0.3 is 15.2 Å². The fourth-order valence-electron chi connectivity index (χ4n) is 3.14. The van der Waals surface area contributed by atoms with Gasteiger partial charge in [-0.2, -0.15) is 0 Å². The van der Waals surface area contributed by atoms with Crippen molar-refractivity contribution in [3.63, 3.8) is 0 Å². The summed E-state index contributed by atoms with van der Waals surface area (Å²) in [6, 6.07) is 7.98. The molecule has 6 heteroatoms. The zero-order chi connectivity index (χ0) is 18.4. The van der Waals surface area contributed by atoms with E-state index in [-0.39, 0.29) is 30.6 Å². The predicted octanol–water partition coefficient (Wildman–Crippen LogP) is 2.07. The van der Waals surface area contributed by atoms with Crippen LogP contribution >= 0.6 is 0 Å². The highest BCUT2D eigenvalue weighted by atomic mass is 16.5. The largest absolute Gasteiger partial charge is 0.491 e. The van der Waals surface area contributed by atoms with Crippen molar-refractivity contribution in [3.05, 3.63) is 29.8 Å². The number of nitrogens with one attached hydrogen (secondary N) is 1. The van der Waals surface area contributed by atoms with E-state index in [4.69, 9.17) is 9.84 Å². The summed E-state index contributed by atoms with van der Waals surface area (Å²) in [5, 5.41) is 11.9. The minimum atomic E-state index is -0.808. The molecule has 1 saturated carbocycles. The maximum atomic E-state index is 12.2. The van der Waals surface area contributed by atoms with Crippen LogP contribution in [0.3, 0.4) is 0 Å². The summed E-state index contributed by atoms with van der Waals surface area (Å²) in [7, 11) is 0. The van der Waals surface area contributed by atoms with Gasteiger partial charge in [0.25, 0.3) is 0 Å². The number of carbonyl (C=O) groups is 2. The number of ether oxygens (including phenoxy) is 1. The van der Waals surface area contributed by atoms with E-state index in [0.717, 1.165) is 24.2 Å². The number of aliphatic carboxylic acids is 1. The van der Waals surface area contributed by atoms with Crippen LogP contribution in [0, 0.1) is 0 Å². The highest BCUT2D eigenvalue weighted by molar-refractivity contribution is 5.79. The summed E-state index contributed by atoms with van der Waals surface area (Å²) in [4.78, 5) is 25.0. The standard InChI is InChI=1S/C19H28N2O4/c1-4-21(12-19(23)24)16-10-15(11-16)20-18(22)9-14-6-5-7-17(8-14)25-13(2)3/h5-8,13,15-16H,4,9-12H2,1-3H3,(H,20,22)(H,23,24). The number of carbonyl (C=O) groups excluding carboxylic acids is 1. The third-order valence-electron chi connectivity index (χ3n) is 4.37.